The minimum absolute atomic E-state index is 0.347. The van der Waals surface area contributed by atoms with Crippen LogP contribution in [0.5, 0.6) is 5.88 Å². The third-order valence-corrected chi connectivity index (χ3v) is 4.39. The number of aromatic nitrogens is 1. The highest BCUT2D eigenvalue weighted by Gasteiger charge is 2.20. The predicted molar refractivity (Wildman–Crippen MR) is 76.3 cm³/mol. The molecule has 3 heteroatoms. The van der Waals surface area contributed by atoms with E-state index in [1.54, 1.807) is 0 Å². The van der Waals surface area contributed by atoms with Crippen molar-refractivity contribution in [3.63, 3.8) is 0 Å². The second-order valence-electron chi connectivity index (χ2n) is 5.85. The molecule has 1 fully saturated rings. The summed E-state index contributed by atoms with van der Waals surface area (Å²) in [5, 5.41) is 0. The van der Waals surface area contributed by atoms with Crippen molar-refractivity contribution in [1.82, 2.24) is 4.98 Å². The first-order valence-electron chi connectivity index (χ1n) is 7.75. The zero-order chi connectivity index (χ0) is 13.1. The van der Waals surface area contributed by atoms with Gasteiger partial charge in [0.25, 0.3) is 0 Å². The average molecular weight is 260 g/mol. The fourth-order valence-electron chi connectivity index (χ4n) is 3.27. The summed E-state index contributed by atoms with van der Waals surface area (Å²) in [7, 11) is 0. The molecule has 3 nitrogen and oxygen atoms in total. The molecule has 19 heavy (non-hydrogen) atoms. The smallest absolute Gasteiger partial charge is 0.218 e. The number of rotatable bonds is 3. The van der Waals surface area contributed by atoms with Gasteiger partial charge in [0.2, 0.25) is 5.88 Å². The molecular formula is C16H24N2O. The van der Waals surface area contributed by atoms with Crippen LogP contribution >= 0.6 is 0 Å². The molecule has 1 heterocycles. The van der Waals surface area contributed by atoms with Crippen LogP contribution in [0.15, 0.2) is 6.07 Å². The van der Waals surface area contributed by atoms with E-state index in [0.717, 1.165) is 24.3 Å². The third-order valence-electron chi connectivity index (χ3n) is 4.39. The van der Waals surface area contributed by atoms with Gasteiger partial charge < -0.3 is 10.5 Å². The minimum atomic E-state index is 0.347. The quantitative estimate of drug-likeness (QED) is 0.849. The van der Waals surface area contributed by atoms with Crippen LogP contribution in [0.4, 0.5) is 0 Å². The Balaban J connectivity index is 1.79. The normalized spacial score (nSPS) is 20.1. The van der Waals surface area contributed by atoms with Crippen molar-refractivity contribution < 1.29 is 4.74 Å². The van der Waals surface area contributed by atoms with Crippen LogP contribution in [-0.4, -0.2) is 11.1 Å². The fourth-order valence-corrected chi connectivity index (χ4v) is 3.27. The summed E-state index contributed by atoms with van der Waals surface area (Å²) in [5.41, 5.74) is 9.57. The summed E-state index contributed by atoms with van der Waals surface area (Å²) >= 11 is 0. The van der Waals surface area contributed by atoms with Crippen LogP contribution in [0.3, 0.4) is 0 Å². The van der Waals surface area contributed by atoms with Gasteiger partial charge in [-0.1, -0.05) is 12.8 Å². The summed E-state index contributed by atoms with van der Waals surface area (Å²) in [4.78, 5) is 4.75. The van der Waals surface area contributed by atoms with Gasteiger partial charge in [-0.3, -0.25) is 0 Å². The molecule has 0 amide bonds. The maximum absolute atomic E-state index is 6.19. The molecule has 3 rings (SSSR count). The van der Waals surface area contributed by atoms with Crippen LogP contribution in [0.1, 0.15) is 61.8 Å². The number of hydrogen-bond donors (Lipinski definition) is 1. The van der Waals surface area contributed by atoms with Crippen LogP contribution in [0, 0.1) is 0 Å². The van der Waals surface area contributed by atoms with E-state index in [0.29, 0.717) is 12.6 Å². The monoisotopic (exact) mass is 260 g/mol. The lowest BCUT2D eigenvalue weighted by Crippen LogP contribution is -2.18. The van der Waals surface area contributed by atoms with E-state index in [-0.39, 0.29) is 0 Å². The zero-order valence-corrected chi connectivity index (χ0v) is 11.7. The summed E-state index contributed by atoms with van der Waals surface area (Å²) in [5.74, 6) is 0.815. The average Bonchev–Trinajstić information content (AvgIpc) is 2.72. The van der Waals surface area contributed by atoms with Crippen molar-refractivity contribution >= 4 is 0 Å². The molecule has 2 aliphatic carbocycles. The third kappa shape index (κ3) is 2.92. The molecule has 0 saturated heterocycles. The van der Waals surface area contributed by atoms with E-state index in [9.17, 15) is 0 Å². The standard InChI is InChI=1S/C16H24N2O/c17-11-13-10-12-6-5-9-15(12)18-16(13)19-14-7-3-1-2-4-8-14/h10,14H,1-9,11,17H2. The molecule has 0 bridgehead atoms. The molecule has 104 valence electrons. The Labute approximate surface area is 115 Å². The second kappa shape index (κ2) is 5.91. The lowest BCUT2D eigenvalue weighted by atomic mass is 10.1. The molecule has 0 aromatic carbocycles. The van der Waals surface area contributed by atoms with Gasteiger partial charge in [0.05, 0.1) is 0 Å². The van der Waals surface area contributed by atoms with Gasteiger partial charge in [0, 0.05) is 17.8 Å². The fraction of sp³-hybridized carbons (Fsp3) is 0.688. The number of ether oxygens (including phenoxy) is 1. The topological polar surface area (TPSA) is 48.1 Å². The number of nitrogens with two attached hydrogens (primary N) is 1. The highest BCUT2D eigenvalue weighted by Crippen LogP contribution is 2.29. The molecule has 0 spiro atoms. The lowest BCUT2D eigenvalue weighted by Gasteiger charge is -2.19. The molecule has 0 radical (unpaired) electrons. The molecule has 1 saturated carbocycles. The van der Waals surface area contributed by atoms with Crippen molar-refractivity contribution in [2.45, 2.75) is 70.4 Å². The van der Waals surface area contributed by atoms with E-state index >= 15 is 0 Å². The maximum Gasteiger partial charge on any atom is 0.218 e. The van der Waals surface area contributed by atoms with Gasteiger partial charge in [-0.2, -0.15) is 0 Å². The van der Waals surface area contributed by atoms with Gasteiger partial charge >= 0.3 is 0 Å². The van der Waals surface area contributed by atoms with E-state index < -0.39 is 0 Å². The summed E-state index contributed by atoms with van der Waals surface area (Å²) < 4.78 is 6.19. The number of nitrogens with zero attached hydrogens (tertiary/aromatic N) is 1. The van der Waals surface area contributed by atoms with Crippen molar-refractivity contribution in [3.8, 4) is 5.88 Å². The van der Waals surface area contributed by atoms with Crippen LogP contribution < -0.4 is 10.5 Å². The Bertz CT molecular complexity index is 437. The maximum atomic E-state index is 6.19. The molecule has 2 aliphatic rings. The summed E-state index contributed by atoms with van der Waals surface area (Å²) in [6.07, 6.45) is 11.4. The van der Waals surface area contributed by atoms with Gasteiger partial charge in [-0.25, -0.2) is 4.98 Å². The molecular weight excluding hydrogens is 236 g/mol. The predicted octanol–water partition coefficient (Wildman–Crippen LogP) is 3.13. The highest BCUT2D eigenvalue weighted by atomic mass is 16.5. The first kappa shape index (κ1) is 12.9. The molecule has 1 aromatic heterocycles. The largest absolute Gasteiger partial charge is 0.474 e. The first-order valence-corrected chi connectivity index (χ1v) is 7.75. The van der Waals surface area contributed by atoms with Crippen molar-refractivity contribution in [3.05, 3.63) is 22.9 Å². The van der Waals surface area contributed by atoms with E-state index in [4.69, 9.17) is 15.5 Å². The van der Waals surface area contributed by atoms with Gasteiger partial charge in [-0.05, 0) is 56.6 Å². The Morgan fingerprint density at radius 2 is 1.89 bits per heavy atom. The Kier molecular flexibility index (Phi) is 4.02. The summed E-state index contributed by atoms with van der Waals surface area (Å²) in [6, 6.07) is 2.22. The van der Waals surface area contributed by atoms with Gasteiger partial charge in [0.15, 0.2) is 0 Å². The van der Waals surface area contributed by atoms with E-state index in [2.05, 4.69) is 6.07 Å². The second-order valence-corrected chi connectivity index (χ2v) is 5.85. The number of fused-ring (bicyclic) bond motifs is 1. The van der Waals surface area contributed by atoms with Crippen LogP contribution in [0.2, 0.25) is 0 Å². The zero-order valence-electron chi connectivity index (χ0n) is 11.7. The highest BCUT2D eigenvalue weighted by molar-refractivity contribution is 5.36. The number of hydrogen-bond acceptors (Lipinski definition) is 3. The van der Waals surface area contributed by atoms with E-state index in [1.807, 2.05) is 0 Å². The first-order chi connectivity index (χ1) is 9.36. The van der Waals surface area contributed by atoms with Gasteiger partial charge in [-0.15, -0.1) is 0 Å². The molecule has 1 aromatic rings. The lowest BCUT2D eigenvalue weighted by molar-refractivity contribution is 0.174. The van der Waals surface area contributed by atoms with Crippen LogP contribution in [0.25, 0.3) is 0 Å². The van der Waals surface area contributed by atoms with Crippen molar-refractivity contribution in [1.29, 1.82) is 0 Å². The molecule has 2 N–H and O–H groups in total. The number of aryl methyl sites for hydroxylation is 2. The van der Waals surface area contributed by atoms with Crippen LogP contribution in [-0.2, 0) is 19.4 Å². The van der Waals surface area contributed by atoms with Gasteiger partial charge in [0.1, 0.15) is 6.10 Å². The number of pyridine rings is 1. The molecule has 0 aliphatic heterocycles. The Hall–Kier alpha value is -1.09. The molecule has 0 unspecified atom stereocenters. The molecule has 0 atom stereocenters. The minimum Gasteiger partial charge on any atom is -0.474 e. The van der Waals surface area contributed by atoms with E-state index in [1.165, 1.54) is 56.2 Å². The summed E-state index contributed by atoms with van der Waals surface area (Å²) in [6.45, 7) is 0.530. The van der Waals surface area contributed by atoms with Crippen molar-refractivity contribution in [2.75, 3.05) is 0 Å². The Morgan fingerprint density at radius 1 is 1.11 bits per heavy atom. The SMILES string of the molecule is NCc1cc2c(nc1OC1CCCCCC1)CCC2. The Morgan fingerprint density at radius 3 is 2.63 bits per heavy atom. The van der Waals surface area contributed by atoms with Crippen molar-refractivity contribution in [2.24, 2.45) is 5.73 Å².